The zero-order valence-corrected chi connectivity index (χ0v) is 14.9. The largest absolute Gasteiger partial charge is 0.494 e. The molecule has 1 aromatic heterocycles. The number of nitrogens with one attached hydrogen (secondary N) is 2. The number of hydrazine groups is 1. The molecule has 1 heterocycles. The summed E-state index contributed by atoms with van der Waals surface area (Å²) < 4.78 is 11.7. The van der Waals surface area contributed by atoms with Crippen LogP contribution in [-0.4, -0.2) is 18.4 Å². The summed E-state index contributed by atoms with van der Waals surface area (Å²) in [5, 5.41) is 0.789. The van der Waals surface area contributed by atoms with E-state index in [4.69, 9.17) is 9.15 Å². The molecule has 0 unspecified atom stereocenters. The van der Waals surface area contributed by atoms with Crippen LogP contribution in [0.4, 0.5) is 0 Å². The number of furan rings is 1. The Morgan fingerprint density at radius 1 is 1.04 bits per heavy atom. The molecule has 25 heavy (non-hydrogen) atoms. The van der Waals surface area contributed by atoms with E-state index >= 15 is 0 Å². The number of hydrogen-bond donors (Lipinski definition) is 2. The average Bonchev–Trinajstić information content (AvgIpc) is 3.03. The Morgan fingerprint density at radius 2 is 1.76 bits per heavy atom. The lowest BCUT2D eigenvalue weighted by molar-refractivity contribution is 0.0832. The molecule has 0 saturated heterocycles. The summed E-state index contributed by atoms with van der Waals surface area (Å²) in [6.07, 6.45) is 0. The van der Waals surface area contributed by atoms with Crippen molar-refractivity contribution >= 4 is 38.7 Å². The minimum absolute atomic E-state index is 0.111. The van der Waals surface area contributed by atoms with Gasteiger partial charge in [0.15, 0.2) is 5.76 Å². The molecule has 0 aliphatic rings. The molecule has 0 spiro atoms. The summed E-state index contributed by atoms with van der Waals surface area (Å²) in [6.45, 7) is 2.43. The van der Waals surface area contributed by atoms with E-state index in [0.29, 0.717) is 23.5 Å². The maximum atomic E-state index is 12.1. The summed E-state index contributed by atoms with van der Waals surface area (Å²) in [5.74, 6) is -0.182. The van der Waals surface area contributed by atoms with Crippen molar-refractivity contribution in [3.05, 3.63) is 64.3 Å². The van der Waals surface area contributed by atoms with Gasteiger partial charge >= 0.3 is 5.91 Å². The van der Waals surface area contributed by atoms with Gasteiger partial charge in [0.25, 0.3) is 5.91 Å². The number of carbonyl (C=O) groups excluding carboxylic acids is 2. The van der Waals surface area contributed by atoms with Gasteiger partial charge in [0.1, 0.15) is 11.3 Å². The van der Waals surface area contributed by atoms with E-state index in [1.165, 1.54) is 0 Å². The van der Waals surface area contributed by atoms with Crippen LogP contribution in [0.2, 0.25) is 0 Å². The van der Waals surface area contributed by atoms with E-state index in [1.807, 2.05) is 19.1 Å². The Morgan fingerprint density at radius 3 is 2.48 bits per heavy atom. The Balaban J connectivity index is 1.63. The van der Waals surface area contributed by atoms with Crippen molar-refractivity contribution in [3.63, 3.8) is 0 Å². The standard InChI is InChI=1S/C18H15BrN2O4/c1-2-24-14-6-3-11(4-7-14)17(22)20-21-18(23)16-10-12-9-13(19)5-8-15(12)25-16/h3-10H,2H2,1H3,(H,20,22)(H,21,23). The highest BCUT2D eigenvalue weighted by molar-refractivity contribution is 9.10. The van der Waals surface area contributed by atoms with Crippen molar-refractivity contribution in [3.8, 4) is 5.75 Å². The van der Waals surface area contributed by atoms with Crippen molar-refractivity contribution in [1.82, 2.24) is 10.9 Å². The van der Waals surface area contributed by atoms with Crippen LogP contribution in [0.15, 0.2) is 57.4 Å². The quantitative estimate of drug-likeness (QED) is 0.652. The zero-order valence-electron chi connectivity index (χ0n) is 13.3. The van der Waals surface area contributed by atoms with Gasteiger partial charge in [-0.05, 0) is 55.5 Å². The highest BCUT2D eigenvalue weighted by Gasteiger charge is 2.14. The summed E-state index contributed by atoms with van der Waals surface area (Å²) in [4.78, 5) is 24.2. The first-order chi connectivity index (χ1) is 12.1. The van der Waals surface area contributed by atoms with E-state index in [1.54, 1.807) is 36.4 Å². The van der Waals surface area contributed by atoms with Gasteiger partial charge in [0, 0.05) is 15.4 Å². The van der Waals surface area contributed by atoms with Crippen molar-refractivity contribution in [2.75, 3.05) is 6.61 Å². The first-order valence-corrected chi connectivity index (χ1v) is 8.39. The Kier molecular flexibility index (Phi) is 5.04. The number of rotatable bonds is 4. The lowest BCUT2D eigenvalue weighted by Gasteiger charge is -2.07. The third kappa shape index (κ3) is 4.00. The van der Waals surface area contributed by atoms with Crippen molar-refractivity contribution < 1.29 is 18.7 Å². The molecule has 0 aliphatic carbocycles. The molecule has 3 rings (SSSR count). The summed E-state index contributed by atoms with van der Waals surface area (Å²) in [7, 11) is 0. The molecule has 2 amide bonds. The van der Waals surface area contributed by atoms with E-state index in [9.17, 15) is 9.59 Å². The molecule has 3 aromatic rings. The summed E-state index contributed by atoms with van der Waals surface area (Å²) >= 11 is 3.36. The van der Waals surface area contributed by atoms with Crippen molar-refractivity contribution in [1.29, 1.82) is 0 Å². The van der Waals surface area contributed by atoms with Crippen LogP contribution < -0.4 is 15.6 Å². The minimum Gasteiger partial charge on any atom is -0.494 e. The fourth-order valence-corrected chi connectivity index (χ4v) is 2.62. The van der Waals surface area contributed by atoms with Gasteiger partial charge in [0.2, 0.25) is 0 Å². The molecule has 0 fully saturated rings. The normalized spacial score (nSPS) is 10.5. The number of fused-ring (bicyclic) bond motifs is 1. The van der Waals surface area contributed by atoms with E-state index in [0.717, 1.165) is 9.86 Å². The van der Waals surface area contributed by atoms with E-state index in [2.05, 4.69) is 26.8 Å². The van der Waals surface area contributed by atoms with Crippen LogP contribution >= 0.6 is 15.9 Å². The molecule has 2 N–H and O–H groups in total. The molecular weight excluding hydrogens is 388 g/mol. The van der Waals surface area contributed by atoms with Crippen LogP contribution in [0, 0.1) is 0 Å². The van der Waals surface area contributed by atoms with Crippen LogP contribution in [0.1, 0.15) is 27.8 Å². The highest BCUT2D eigenvalue weighted by Crippen LogP contribution is 2.23. The average molecular weight is 403 g/mol. The Hall–Kier alpha value is -2.80. The SMILES string of the molecule is CCOc1ccc(C(=O)NNC(=O)c2cc3cc(Br)ccc3o2)cc1. The number of hydrogen-bond acceptors (Lipinski definition) is 4. The summed E-state index contributed by atoms with van der Waals surface area (Å²) in [5.41, 5.74) is 5.68. The molecular formula is C18H15BrN2O4. The predicted octanol–water partition coefficient (Wildman–Crippen LogP) is 3.67. The van der Waals surface area contributed by atoms with Crippen LogP contribution in [0.25, 0.3) is 11.0 Å². The Labute approximate surface area is 152 Å². The first-order valence-electron chi connectivity index (χ1n) is 7.59. The monoisotopic (exact) mass is 402 g/mol. The summed E-state index contributed by atoms with van der Waals surface area (Å²) in [6, 6.07) is 13.6. The van der Waals surface area contributed by atoms with Gasteiger partial charge in [-0.3, -0.25) is 20.4 Å². The molecule has 0 radical (unpaired) electrons. The molecule has 0 atom stereocenters. The van der Waals surface area contributed by atoms with Crippen molar-refractivity contribution in [2.24, 2.45) is 0 Å². The van der Waals surface area contributed by atoms with E-state index in [-0.39, 0.29) is 5.76 Å². The van der Waals surface area contributed by atoms with Gasteiger partial charge in [-0.2, -0.15) is 0 Å². The molecule has 0 aliphatic heterocycles. The number of amides is 2. The molecule has 128 valence electrons. The second-order valence-corrected chi connectivity index (χ2v) is 6.07. The van der Waals surface area contributed by atoms with Crippen LogP contribution in [-0.2, 0) is 0 Å². The third-order valence-electron chi connectivity index (χ3n) is 3.42. The second kappa shape index (κ2) is 7.40. The van der Waals surface area contributed by atoms with Crippen LogP contribution in [0.5, 0.6) is 5.75 Å². The van der Waals surface area contributed by atoms with Crippen LogP contribution in [0.3, 0.4) is 0 Å². The number of benzene rings is 2. The van der Waals surface area contributed by atoms with Gasteiger partial charge in [-0.15, -0.1) is 0 Å². The molecule has 6 nitrogen and oxygen atoms in total. The van der Waals surface area contributed by atoms with Gasteiger partial charge in [0.05, 0.1) is 6.61 Å². The van der Waals surface area contributed by atoms with Crippen molar-refractivity contribution in [2.45, 2.75) is 6.92 Å². The number of halogens is 1. The lowest BCUT2D eigenvalue weighted by atomic mass is 10.2. The van der Waals surface area contributed by atoms with Gasteiger partial charge in [-0.25, -0.2) is 0 Å². The highest BCUT2D eigenvalue weighted by atomic mass is 79.9. The van der Waals surface area contributed by atoms with Gasteiger partial charge < -0.3 is 9.15 Å². The first kappa shape index (κ1) is 17.0. The molecule has 0 saturated carbocycles. The number of carbonyl (C=O) groups is 2. The zero-order chi connectivity index (χ0) is 17.8. The predicted molar refractivity (Wildman–Crippen MR) is 96.5 cm³/mol. The Bertz CT molecular complexity index is 918. The molecule has 7 heteroatoms. The number of ether oxygens (including phenoxy) is 1. The maximum absolute atomic E-state index is 12.1. The lowest BCUT2D eigenvalue weighted by Crippen LogP contribution is -2.41. The van der Waals surface area contributed by atoms with Gasteiger partial charge in [-0.1, -0.05) is 15.9 Å². The topological polar surface area (TPSA) is 80.6 Å². The molecule has 2 aromatic carbocycles. The maximum Gasteiger partial charge on any atom is 0.305 e. The smallest absolute Gasteiger partial charge is 0.305 e. The third-order valence-corrected chi connectivity index (χ3v) is 3.91. The van der Waals surface area contributed by atoms with E-state index < -0.39 is 11.8 Å². The second-order valence-electron chi connectivity index (χ2n) is 5.16. The molecule has 0 bridgehead atoms. The fraction of sp³-hybridized carbons (Fsp3) is 0.111. The fourth-order valence-electron chi connectivity index (χ4n) is 2.24. The minimum atomic E-state index is -0.536.